The van der Waals surface area contributed by atoms with Gasteiger partial charge in [-0.15, -0.1) is 0 Å². The number of aliphatic carboxylic acids is 1. The van der Waals surface area contributed by atoms with Crippen molar-refractivity contribution in [3.8, 4) is 0 Å². The highest BCUT2D eigenvalue weighted by molar-refractivity contribution is 5.90. The van der Waals surface area contributed by atoms with Crippen molar-refractivity contribution in [2.45, 2.75) is 12.6 Å². The first-order chi connectivity index (χ1) is 10.5. The smallest absolute Gasteiger partial charge is 0.406 e. The van der Waals surface area contributed by atoms with Gasteiger partial charge < -0.3 is 19.8 Å². The van der Waals surface area contributed by atoms with Gasteiger partial charge >= 0.3 is 12.1 Å². The molecule has 0 unspecified atom stereocenters. The van der Waals surface area contributed by atoms with E-state index in [1.807, 2.05) is 0 Å². The molecule has 0 aromatic rings. The van der Waals surface area contributed by atoms with Crippen LogP contribution < -0.4 is 0 Å². The first-order valence-electron chi connectivity index (χ1n) is 6.99. The lowest BCUT2D eigenvalue weighted by molar-refractivity contribution is -0.157. The summed E-state index contributed by atoms with van der Waals surface area (Å²) in [6.45, 7) is -1.74. The average molecular weight is 339 g/mol. The van der Waals surface area contributed by atoms with E-state index < -0.39 is 43.0 Å². The van der Waals surface area contributed by atoms with Crippen LogP contribution in [-0.4, -0.2) is 90.6 Å². The van der Waals surface area contributed by atoms with Gasteiger partial charge in [-0.3, -0.25) is 14.4 Å². The molecule has 1 heterocycles. The summed E-state index contributed by atoms with van der Waals surface area (Å²) in [5.74, 6) is -3.50. The maximum absolute atomic E-state index is 12.4. The molecule has 7 nitrogen and oxygen atoms in total. The molecule has 0 spiro atoms. The maximum Gasteiger partial charge on any atom is 0.406 e. The minimum Gasteiger partial charge on any atom is -0.480 e. The van der Waals surface area contributed by atoms with Gasteiger partial charge in [0.15, 0.2) is 0 Å². The molecule has 0 aliphatic carbocycles. The fourth-order valence-corrected chi connectivity index (χ4v) is 2.32. The molecular formula is C13H20F3N3O4. The fourth-order valence-electron chi connectivity index (χ4n) is 2.32. The zero-order valence-electron chi connectivity index (χ0n) is 13.0. The van der Waals surface area contributed by atoms with Crippen LogP contribution in [-0.2, 0) is 14.4 Å². The molecule has 1 rings (SSSR count). The zero-order valence-corrected chi connectivity index (χ0v) is 13.0. The molecule has 1 saturated heterocycles. The number of alkyl halides is 3. The number of hydrogen-bond donors (Lipinski definition) is 1. The number of likely N-dealkylation sites (N-methyl/N-ethyl adjacent to an activating group) is 1. The van der Waals surface area contributed by atoms with Crippen LogP contribution in [0.4, 0.5) is 13.2 Å². The van der Waals surface area contributed by atoms with Gasteiger partial charge in [0.1, 0.15) is 13.1 Å². The second kappa shape index (κ2) is 7.62. The molecule has 0 saturated carbocycles. The number of hydrogen-bond acceptors (Lipinski definition) is 4. The first kappa shape index (κ1) is 19.2. The second-order valence-corrected chi connectivity index (χ2v) is 5.75. The van der Waals surface area contributed by atoms with Crippen molar-refractivity contribution in [2.75, 3.05) is 46.8 Å². The first-order valence-corrected chi connectivity index (χ1v) is 6.99. The Bertz CT molecular complexity index is 468. The molecule has 132 valence electrons. The van der Waals surface area contributed by atoms with Crippen LogP contribution in [0.3, 0.4) is 0 Å². The summed E-state index contributed by atoms with van der Waals surface area (Å²) in [6.07, 6.45) is -4.85. The van der Waals surface area contributed by atoms with Crippen LogP contribution >= 0.6 is 0 Å². The Morgan fingerprint density at radius 2 is 1.91 bits per heavy atom. The highest BCUT2D eigenvalue weighted by Crippen LogP contribution is 2.25. The van der Waals surface area contributed by atoms with E-state index in [9.17, 15) is 27.6 Å². The van der Waals surface area contributed by atoms with Crippen LogP contribution in [0.15, 0.2) is 0 Å². The lowest BCUT2D eigenvalue weighted by Gasteiger charge is -2.25. The summed E-state index contributed by atoms with van der Waals surface area (Å²) in [6, 6.07) is 0. The van der Waals surface area contributed by atoms with E-state index >= 15 is 0 Å². The molecule has 10 heteroatoms. The third kappa shape index (κ3) is 6.43. The Labute approximate surface area is 131 Å². The maximum atomic E-state index is 12.4. The van der Waals surface area contributed by atoms with Crippen LogP contribution in [0.2, 0.25) is 0 Å². The summed E-state index contributed by atoms with van der Waals surface area (Å²) in [7, 11) is 3.49. The normalized spacial score (nSPS) is 18.6. The number of nitrogens with zero attached hydrogens (tertiary/aromatic N) is 3. The van der Waals surface area contributed by atoms with Gasteiger partial charge in [0.25, 0.3) is 0 Å². The summed E-state index contributed by atoms with van der Waals surface area (Å²) in [5, 5.41) is 8.86. The Morgan fingerprint density at radius 1 is 1.30 bits per heavy atom. The number of carbonyl (C=O) groups is 3. The van der Waals surface area contributed by atoms with Gasteiger partial charge in [0, 0.05) is 26.1 Å². The molecule has 1 aliphatic heterocycles. The summed E-state index contributed by atoms with van der Waals surface area (Å²) >= 11 is 0. The van der Waals surface area contributed by atoms with Crippen molar-refractivity contribution in [1.29, 1.82) is 0 Å². The molecule has 0 bridgehead atoms. The lowest BCUT2D eigenvalue weighted by Crippen LogP contribution is -2.44. The Kier molecular flexibility index (Phi) is 6.37. The highest BCUT2D eigenvalue weighted by Gasteiger charge is 2.41. The average Bonchev–Trinajstić information content (AvgIpc) is 2.72. The predicted molar refractivity (Wildman–Crippen MR) is 73.5 cm³/mol. The van der Waals surface area contributed by atoms with Crippen LogP contribution in [0, 0.1) is 5.92 Å². The van der Waals surface area contributed by atoms with Crippen molar-refractivity contribution in [3.63, 3.8) is 0 Å². The van der Waals surface area contributed by atoms with Crippen LogP contribution in [0.25, 0.3) is 0 Å². The van der Waals surface area contributed by atoms with Gasteiger partial charge in [-0.05, 0) is 14.1 Å². The summed E-state index contributed by atoms with van der Waals surface area (Å²) < 4.78 is 37.1. The Morgan fingerprint density at radius 3 is 2.39 bits per heavy atom. The van der Waals surface area contributed by atoms with Gasteiger partial charge in [-0.1, -0.05) is 0 Å². The van der Waals surface area contributed by atoms with Gasteiger partial charge in [-0.2, -0.15) is 13.2 Å². The molecule has 0 aromatic carbocycles. The standard InChI is InChI=1S/C13H20F3N3O4/c1-17(2)3-4-18(7-11(21)22)12(23)9-5-10(20)19(6-9)8-13(14,15)16/h9H,3-8H2,1-2H3,(H,21,22)/t9-/m1/s1. The van der Waals surface area contributed by atoms with Crippen molar-refractivity contribution < 1.29 is 32.7 Å². The van der Waals surface area contributed by atoms with Crippen molar-refractivity contribution >= 4 is 17.8 Å². The largest absolute Gasteiger partial charge is 0.480 e. The Balaban J connectivity index is 2.72. The fraction of sp³-hybridized carbons (Fsp3) is 0.769. The summed E-state index contributed by atoms with van der Waals surface area (Å²) in [4.78, 5) is 38.2. The van der Waals surface area contributed by atoms with E-state index in [0.29, 0.717) is 11.4 Å². The second-order valence-electron chi connectivity index (χ2n) is 5.75. The number of carbonyl (C=O) groups excluding carboxylic acids is 2. The van der Waals surface area contributed by atoms with E-state index in [1.165, 1.54) is 0 Å². The molecule has 0 aromatic heterocycles. The van der Waals surface area contributed by atoms with Crippen LogP contribution in [0.5, 0.6) is 0 Å². The molecule has 23 heavy (non-hydrogen) atoms. The third-order valence-electron chi connectivity index (χ3n) is 3.39. The minimum atomic E-state index is -4.53. The van der Waals surface area contributed by atoms with Gasteiger partial charge in [0.2, 0.25) is 11.8 Å². The number of carboxylic acids is 1. The van der Waals surface area contributed by atoms with Crippen LogP contribution in [0.1, 0.15) is 6.42 Å². The van der Waals surface area contributed by atoms with E-state index in [4.69, 9.17) is 5.11 Å². The predicted octanol–water partition coefficient (Wildman–Crippen LogP) is -0.128. The monoisotopic (exact) mass is 339 g/mol. The summed E-state index contributed by atoms with van der Waals surface area (Å²) in [5.41, 5.74) is 0. The van der Waals surface area contributed by atoms with Crippen molar-refractivity contribution in [1.82, 2.24) is 14.7 Å². The number of likely N-dealkylation sites (tertiary alicyclic amines) is 1. The zero-order chi connectivity index (χ0) is 17.8. The van der Waals surface area contributed by atoms with Gasteiger partial charge in [0.05, 0.1) is 5.92 Å². The molecular weight excluding hydrogens is 319 g/mol. The third-order valence-corrected chi connectivity index (χ3v) is 3.39. The van der Waals surface area contributed by atoms with E-state index in [-0.39, 0.29) is 19.5 Å². The van der Waals surface area contributed by atoms with E-state index in [0.717, 1.165) is 4.90 Å². The Hall–Kier alpha value is -1.84. The quantitative estimate of drug-likeness (QED) is 0.699. The topological polar surface area (TPSA) is 81.2 Å². The SMILES string of the molecule is CN(C)CCN(CC(=O)O)C(=O)[C@@H]1CC(=O)N(CC(F)(F)F)C1. The highest BCUT2D eigenvalue weighted by atomic mass is 19.4. The molecule has 1 aliphatic rings. The van der Waals surface area contributed by atoms with Gasteiger partial charge in [-0.25, -0.2) is 0 Å². The molecule has 2 amide bonds. The number of carboxylic acid groups (broad SMARTS) is 1. The molecule has 1 atom stereocenters. The number of amides is 2. The molecule has 0 radical (unpaired) electrons. The molecule has 1 N–H and O–H groups in total. The molecule has 1 fully saturated rings. The number of halogens is 3. The number of rotatable bonds is 7. The lowest BCUT2D eigenvalue weighted by atomic mass is 10.1. The van der Waals surface area contributed by atoms with Crippen molar-refractivity contribution in [2.24, 2.45) is 5.92 Å². The van der Waals surface area contributed by atoms with E-state index in [1.54, 1.807) is 19.0 Å². The minimum absolute atomic E-state index is 0.127. The van der Waals surface area contributed by atoms with E-state index in [2.05, 4.69) is 0 Å². The van der Waals surface area contributed by atoms with Crippen molar-refractivity contribution in [3.05, 3.63) is 0 Å².